The quantitative estimate of drug-likeness (QED) is 0.798. The summed E-state index contributed by atoms with van der Waals surface area (Å²) in [6.07, 6.45) is 2.44. The van der Waals surface area contributed by atoms with Crippen LogP contribution in [0.25, 0.3) is 0 Å². The Labute approximate surface area is 109 Å². The third kappa shape index (κ3) is 3.33. The number of benzene rings is 1. The van der Waals surface area contributed by atoms with Crippen LogP contribution >= 0.6 is 0 Å². The van der Waals surface area contributed by atoms with Gasteiger partial charge in [0.25, 0.3) is 0 Å². The number of hydrogen-bond donors (Lipinski definition) is 0. The predicted molar refractivity (Wildman–Crippen MR) is 73.2 cm³/mol. The van der Waals surface area contributed by atoms with Gasteiger partial charge in [0.05, 0.1) is 6.07 Å². The van der Waals surface area contributed by atoms with E-state index in [0.717, 1.165) is 18.5 Å². The van der Waals surface area contributed by atoms with Crippen molar-refractivity contribution in [1.29, 1.82) is 5.26 Å². The summed E-state index contributed by atoms with van der Waals surface area (Å²) in [5, 5.41) is 9.01. The topological polar surface area (TPSA) is 44.1 Å². The molecule has 0 aromatic heterocycles. The molecule has 0 spiro atoms. The number of carbonyl (C=O) groups is 1. The van der Waals surface area contributed by atoms with E-state index in [2.05, 4.69) is 13.0 Å². The first-order valence-corrected chi connectivity index (χ1v) is 6.40. The molecule has 0 saturated carbocycles. The number of nitriles is 1. The molecule has 0 heterocycles. The van der Waals surface area contributed by atoms with E-state index in [4.69, 9.17) is 5.26 Å². The zero-order valence-electron chi connectivity index (χ0n) is 11.3. The Morgan fingerprint density at radius 3 is 2.39 bits per heavy atom. The van der Waals surface area contributed by atoms with Crippen molar-refractivity contribution < 1.29 is 4.79 Å². The second kappa shape index (κ2) is 6.80. The van der Waals surface area contributed by atoms with Crippen LogP contribution in [0.1, 0.15) is 32.3 Å². The van der Waals surface area contributed by atoms with Crippen LogP contribution in [0.2, 0.25) is 0 Å². The Morgan fingerprint density at radius 1 is 1.33 bits per heavy atom. The molecule has 96 valence electrons. The summed E-state index contributed by atoms with van der Waals surface area (Å²) in [4.78, 5) is 13.7. The normalized spacial score (nSPS) is 11.7. The van der Waals surface area contributed by atoms with E-state index in [-0.39, 0.29) is 5.91 Å². The standard InChI is InChI=1S/C15H20N2O/c1-4-6-13(11-16)15(18)17(3)14-9-7-12(5-2)8-10-14/h7-10,13H,4-6H2,1-3H3. The molecule has 3 nitrogen and oxygen atoms in total. The van der Waals surface area contributed by atoms with E-state index < -0.39 is 5.92 Å². The fraction of sp³-hybridized carbons (Fsp3) is 0.467. The summed E-state index contributed by atoms with van der Waals surface area (Å²) < 4.78 is 0. The van der Waals surface area contributed by atoms with Gasteiger partial charge in [-0.05, 0) is 30.5 Å². The number of aryl methyl sites for hydroxylation is 1. The number of nitrogens with zero attached hydrogens (tertiary/aromatic N) is 2. The second-order valence-electron chi connectivity index (χ2n) is 4.39. The largest absolute Gasteiger partial charge is 0.314 e. The Kier molecular flexibility index (Phi) is 5.38. The van der Waals surface area contributed by atoms with Gasteiger partial charge in [-0.3, -0.25) is 4.79 Å². The molecule has 1 rings (SSSR count). The SMILES string of the molecule is CCCC(C#N)C(=O)N(C)c1ccc(CC)cc1. The van der Waals surface area contributed by atoms with Crippen molar-refractivity contribution >= 4 is 11.6 Å². The minimum atomic E-state index is -0.536. The van der Waals surface area contributed by atoms with E-state index in [0.29, 0.717) is 6.42 Å². The van der Waals surface area contributed by atoms with Crippen molar-refractivity contribution in [3.8, 4) is 6.07 Å². The summed E-state index contributed by atoms with van der Waals surface area (Å²) in [5.41, 5.74) is 2.08. The molecule has 1 aromatic rings. The highest BCUT2D eigenvalue weighted by molar-refractivity contribution is 5.95. The smallest absolute Gasteiger partial charge is 0.244 e. The van der Waals surface area contributed by atoms with E-state index in [9.17, 15) is 4.79 Å². The summed E-state index contributed by atoms with van der Waals surface area (Å²) in [5.74, 6) is -0.658. The van der Waals surface area contributed by atoms with Gasteiger partial charge in [-0.1, -0.05) is 32.4 Å². The van der Waals surface area contributed by atoms with Gasteiger partial charge < -0.3 is 4.90 Å². The highest BCUT2D eigenvalue weighted by atomic mass is 16.2. The molecule has 3 heteroatoms. The van der Waals surface area contributed by atoms with Crippen LogP contribution in [0.15, 0.2) is 24.3 Å². The lowest BCUT2D eigenvalue weighted by Gasteiger charge is -2.20. The highest BCUT2D eigenvalue weighted by Gasteiger charge is 2.21. The molecular formula is C15H20N2O. The monoisotopic (exact) mass is 244 g/mol. The lowest BCUT2D eigenvalue weighted by atomic mass is 10.0. The number of anilines is 1. The minimum absolute atomic E-state index is 0.122. The average molecular weight is 244 g/mol. The van der Waals surface area contributed by atoms with Gasteiger partial charge in [-0.2, -0.15) is 5.26 Å². The zero-order chi connectivity index (χ0) is 13.5. The summed E-state index contributed by atoms with van der Waals surface area (Å²) in [6, 6.07) is 9.97. The van der Waals surface area contributed by atoms with Crippen molar-refractivity contribution in [2.75, 3.05) is 11.9 Å². The van der Waals surface area contributed by atoms with Crippen LogP contribution in [0.3, 0.4) is 0 Å². The maximum absolute atomic E-state index is 12.1. The van der Waals surface area contributed by atoms with Crippen LogP contribution in [0.4, 0.5) is 5.69 Å². The van der Waals surface area contributed by atoms with Crippen LogP contribution in [0, 0.1) is 17.2 Å². The molecular weight excluding hydrogens is 224 g/mol. The fourth-order valence-corrected chi connectivity index (χ4v) is 1.85. The van der Waals surface area contributed by atoms with Gasteiger partial charge in [-0.25, -0.2) is 0 Å². The third-order valence-electron chi connectivity index (χ3n) is 3.09. The molecule has 0 radical (unpaired) electrons. The van der Waals surface area contributed by atoms with Gasteiger partial charge in [0.1, 0.15) is 5.92 Å². The first-order chi connectivity index (χ1) is 8.63. The van der Waals surface area contributed by atoms with Crippen LogP contribution in [0.5, 0.6) is 0 Å². The molecule has 0 N–H and O–H groups in total. The van der Waals surface area contributed by atoms with Crippen molar-refractivity contribution in [2.45, 2.75) is 33.1 Å². The molecule has 1 aromatic carbocycles. The predicted octanol–water partition coefficient (Wildman–Crippen LogP) is 3.15. The van der Waals surface area contributed by atoms with Gasteiger partial charge in [0.15, 0.2) is 0 Å². The van der Waals surface area contributed by atoms with E-state index in [1.54, 1.807) is 11.9 Å². The molecule has 0 fully saturated rings. The molecule has 1 atom stereocenters. The Balaban J connectivity index is 2.82. The molecule has 18 heavy (non-hydrogen) atoms. The van der Waals surface area contributed by atoms with E-state index >= 15 is 0 Å². The second-order valence-corrected chi connectivity index (χ2v) is 4.39. The molecule has 1 amide bonds. The number of hydrogen-bond acceptors (Lipinski definition) is 2. The molecule has 0 aliphatic carbocycles. The van der Waals surface area contributed by atoms with Crippen LogP contribution in [-0.2, 0) is 11.2 Å². The van der Waals surface area contributed by atoms with E-state index in [1.807, 2.05) is 31.2 Å². The lowest BCUT2D eigenvalue weighted by Crippen LogP contribution is -2.32. The fourth-order valence-electron chi connectivity index (χ4n) is 1.85. The average Bonchev–Trinajstić information content (AvgIpc) is 2.43. The Hall–Kier alpha value is -1.82. The van der Waals surface area contributed by atoms with Crippen molar-refractivity contribution in [3.63, 3.8) is 0 Å². The number of carbonyl (C=O) groups excluding carboxylic acids is 1. The molecule has 0 aliphatic heterocycles. The van der Waals surface area contributed by atoms with Gasteiger partial charge >= 0.3 is 0 Å². The molecule has 0 saturated heterocycles. The van der Waals surface area contributed by atoms with Crippen molar-refractivity contribution in [1.82, 2.24) is 0 Å². The molecule has 0 bridgehead atoms. The number of amides is 1. The first kappa shape index (κ1) is 14.2. The lowest BCUT2D eigenvalue weighted by molar-refractivity contribution is -0.120. The van der Waals surface area contributed by atoms with E-state index in [1.165, 1.54) is 5.56 Å². The first-order valence-electron chi connectivity index (χ1n) is 6.40. The van der Waals surface area contributed by atoms with Crippen LogP contribution < -0.4 is 4.90 Å². The summed E-state index contributed by atoms with van der Waals surface area (Å²) in [7, 11) is 1.73. The van der Waals surface area contributed by atoms with Crippen molar-refractivity contribution in [3.05, 3.63) is 29.8 Å². The van der Waals surface area contributed by atoms with Gasteiger partial charge in [-0.15, -0.1) is 0 Å². The van der Waals surface area contributed by atoms with Gasteiger partial charge in [0.2, 0.25) is 5.91 Å². The van der Waals surface area contributed by atoms with Crippen LogP contribution in [-0.4, -0.2) is 13.0 Å². The molecule has 1 unspecified atom stereocenters. The minimum Gasteiger partial charge on any atom is -0.314 e. The number of rotatable bonds is 5. The zero-order valence-corrected chi connectivity index (χ0v) is 11.3. The van der Waals surface area contributed by atoms with Crippen molar-refractivity contribution in [2.24, 2.45) is 5.92 Å². The highest BCUT2D eigenvalue weighted by Crippen LogP contribution is 2.18. The summed E-state index contributed by atoms with van der Waals surface area (Å²) in [6.45, 7) is 4.07. The van der Waals surface area contributed by atoms with Gasteiger partial charge in [0, 0.05) is 12.7 Å². The third-order valence-corrected chi connectivity index (χ3v) is 3.09. The Morgan fingerprint density at radius 2 is 1.94 bits per heavy atom. The Bertz CT molecular complexity index is 431. The molecule has 0 aliphatic rings. The maximum Gasteiger partial charge on any atom is 0.244 e. The maximum atomic E-state index is 12.1. The summed E-state index contributed by atoms with van der Waals surface area (Å²) >= 11 is 0.